The standard InChI is InChI=1S/C25H26N2O5S/c1-31-23-11-5-7-20(17-23)19-32-25(28)21-8-6-12-24(18-21)33(29,30)27-15-13-26(14-16-27)22-9-3-2-4-10-22/h2-12,17-18H,13-16,19H2,1H3. The Hall–Kier alpha value is -3.36. The van der Waals surface area contributed by atoms with Gasteiger partial charge in [-0.2, -0.15) is 4.31 Å². The van der Waals surface area contributed by atoms with E-state index >= 15 is 0 Å². The van der Waals surface area contributed by atoms with Gasteiger partial charge in [-0.15, -0.1) is 0 Å². The molecule has 4 rings (SSSR count). The summed E-state index contributed by atoms with van der Waals surface area (Å²) in [6.45, 7) is 2.02. The van der Waals surface area contributed by atoms with Gasteiger partial charge in [0.05, 0.1) is 17.6 Å². The highest BCUT2D eigenvalue weighted by Crippen LogP contribution is 2.22. The largest absolute Gasteiger partial charge is 0.497 e. The van der Waals surface area contributed by atoms with Gasteiger partial charge < -0.3 is 14.4 Å². The monoisotopic (exact) mass is 466 g/mol. The Morgan fingerprint density at radius 3 is 2.33 bits per heavy atom. The van der Waals surface area contributed by atoms with E-state index in [0.717, 1.165) is 11.3 Å². The molecule has 0 spiro atoms. The van der Waals surface area contributed by atoms with E-state index in [2.05, 4.69) is 4.90 Å². The average molecular weight is 467 g/mol. The van der Waals surface area contributed by atoms with Crippen molar-refractivity contribution in [2.45, 2.75) is 11.5 Å². The van der Waals surface area contributed by atoms with Gasteiger partial charge in [0.25, 0.3) is 0 Å². The number of ether oxygens (including phenoxy) is 2. The van der Waals surface area contributed by atoms with Crippen LogP contribution in [0, 0.1) is 0 Å². The fraction of sp³-hybridized carbons (Fsp3) is 0.240. The first-order chi connectivity index (χ1) is 16.0. The van der Waals surface area contributed by atoms with Crippen LogP contribution < -0.4 is 9.64 Å². The predicted octanol–water partition coefficient (Wildman–Crippen LogP) is 3.56. The highest BCUT2D eigenvalue weighted by Gasteiger charge is 2.29. The summed E-state index contributed by atoms with van der Waals surface area (Å²) < 4.78 is 38.4. The molecule has 3 aromatic rings. The first kappa shape index (κ1) is 22.8. The maximum absolute atomic E-state index is 13.2. The van der Waals surface area contributed by atoms with E-state index in [-0.39, 0.29) is 17.1 Å². The van der Waals surface area contributed by atoms with Crippen LogP contribution in [0.2, 0.25) is 0 Å². The molecule has 0 N–H and O–H groups in total. The number of piperazine rings is 1. The van der Waals surface area contributed by atoms with Crippen LogP contribution in [0.1, 0.15) is 15.9 Å². The van der Waals surface area contributed by atoms with Gasteiger partial charge in [0.1, 0.15) is 12.4 Å². The van der Waals surface area contributed by atoms with Crippen molar-refractivity contribution in [2.24, 2.45) is 0 Å². The molecule has 172 valence electrons. The minimum Gasteiger partial charge on any atom is -0.497 e. The van der Waals surface area contributed by atoms with Crippen molar-refractivity contribution in [2.75, 3.05) is 38.2 Å². The molecule has 1 aliphatic rings. The lowest BCUT2D eigenvalue weighted by atomic mass is 10.2. The Labute approximate surface area is 194 Å². The maximum atomic E-state index is 13.2. The summed E-state index contributed by atoms with van der Waals surface area (Å²) in [5.74, 6) is 0.0905. The van der Waals surface area contributed by atoms with E-state index in [9.17, 15) is 13.2 Å². The van der Waals surface area contributed by atoms with Crippen LogP contribution in [0.4, 0.5) is 5.69 Å². The van der Waals surface area contributed by atoms with Crippen molar-refractivity contribution < 1.29 is 22.7 Å². The zero-order chi connectivity index (χ0) is 23.3. The molecule has 0 amide bonds. The van der Waals surface area contributed by atoms with Crippen LogP contribution in [0.15, 0.2) is 83.8 Å². The van der Waals surface area contributed by atoms with E-state index in [4.69, 9.17) is 9.47 Å². The molecule has 3 aromatic carbocycles. The second-order valence-corrected chi connectivity index (χ2v) is 9.62. The fourth-order valence-corrected chi connectivity index (χ4v) is 5.22. The van der Waals surface area contributed by atoms with Gasteiger partial charge in [-0.3, -0.25) is 0 Å². The third-order valence-corrected chi connectivity index (χ3v) is 7.47. The third-order valence-electron chi connectivity index (χ3n) is 5.57. The molecule has 1 aliphatic heterocycles. The number of benzene rings is 3. The van der Waals surface area contributed by atoms with E-state index < -0.39 is 16.0 Å². The Bertz CT molecular complexity index is 1210. The van der Waals surface area contributed by atoms with Crippen molar-refractivity contribution >= 4 is 21.7 Å². The summed E-state index contributed by atoms with van der Waals surface area (Å²) in [4.78, 5) is 14.8. The van der Waals surface area contributed by atoms with Crippen LogP contribution in [-0.4, -0.2) is 52.0 Å². The molecule has 0 atom stereocenters. The van der Waals surface area contributed by atoms with Crippen molar-refractivity contribution in [3.8, 4) is 5.75 Å². The summed E-state index contributed by atoms with van der Waals surface area (Å²) >= 11 is 0. The molecular formula is C25H26N2O5S. The minimum atomic E-state index is -3.72. The number of hydrogen-bond donors (Lipinski definition) is 0. The minimum absolute atomic E-state index is 0.0639. The van der Waals surface area contributed by atoms with Crippen LogP contribution in [0.25, 0.3) is 0 Å². The predicted molar refractivity (Wildman–Crippen MR) is 126 cm³/mol. The van der Waals surface area contributed by atoms with Gasteiger partial charge in [-0.05, 0) is 48.0 Å². The molecule has 1 heterocycles. The Morgan fingerprint density at radius 1 is 0.879 bits per heavy atom. The summed E-state index contributed by atoms with van der Waals surface area (Å²) in [7, 11) is -2.15. The van der Waals surface area contributed by atoms with Gasteiger partial charge in [0.2, 0.25) is 10.0 Å². The van der Waals surface area contributed by atoms with Crippen molar-refractivity contribution in [1.82, 2.24) is 4.31 Å². The highest BCUT2D eigenvalue weighted by atomic mass is 32.2. The zero-order valence-electron chi connectivity index (χ0n) is 18.4. The zero-order valence-corrected chi connectivity index (χ0v) is 19.2. The molecule has 33 heavy (non-hydrogen) atoms. The fourth-order valence-electron chi connectivity index (χ4n) is 3.75. The van der Waals surface area contributed by atoms with Crippen LogP contribution in [0.3, 0.4) is 0 Å². The number of carbonyl (C=O) groups excluding carboxylic acids is 1. The molecule has 0 radical (unpaired) electrons. The molecule has 0 saturated carbocycles. The second-order valence-electron chi connectivity index (χ2n) is 7.68. The van der Waals surface area contributed by atoms with E-state index in [0.29, 0.717) is 31.9 Å². The number of anilines is 1. The molecular weight excluding hydrogens is 440 g/mol. The number of carbonyl (C=O) groups is 1. The quantitative estimate of drug-likeness (QED) is 0.496. The number of esters is 1. The van der Waals surface area contributed by atoms with Crippen molar-refractivity contribution in [1.29, 1.82) is 0 Å². The van der Waals surface area contributed by atoms with E-state index in [1.807, 2.05) is 42.5 Å². The van der Waals surface area contributed by atoms with Crippen molar-refractivity contribution in [3.63, 3.8) is 0 Å². The number of methoxy groups -OCH3 is 1. The summed E-state index contributed by atoms with van der Waals surface area (Å²) in [5, 5.41) is 0. The molecule has 0 unspecified atom stereocenters. The van der Waals surface area contributed by atoms with Gasteiger partial charge in [-0.25, -0.2) is 13.2 Å². The van der Waals surface area contributed by atoms with Gasteiger partial charge in [0, 0.05) is 31.9 Å². The van der Waals surface area contributed by atoms with E-state index in [1.54, 1.807) is 31.4 Å². The number of hydrogen-bond acceptors (Lipinski definition) is 6. The molecule has 1 saturated heterocycles. The van der Waals surface area contributed by atoms with Gasteiger partial charge in [-0.1, -0.05) is 36.4 Å². The molecule has 8 heteroatoms. The molecule has 0 bridgehead atoms. The summed E-state index contributed by atoms with van der Waals surface area (Å²) in [6, 6.07) is 23.2. The SMILES string of the molecule is COc1cccc(COC(=O)c2cccc(S(=O)(=O)N3CCN(c4ccccc4)CC3)c2)c1. The lowest BCUT2D eigenvalue weighted by Crippen LogP contribution is -2.48. The number of rotatable bonds is 7. The third kappa shape index (κ3) is 5.35. The van der Waals surface area contributed by atoms with Crippen LogP contribution in [0.5, 0.6) is 5.75 Å². The molecule has 7 nitrogen and oxygen atoms in total. The van der Waals surface area contributed by atoms with Crippen molar-refractivity contribution in [3.05, 3.63) is 90.0 Å². The topological polar surface area (TPSA) is 76.1 Å². The Kier molecular flexibility index (Phi) is 6.96. The Balaban J connectivity index is 1.41. The lowest BCUT2D eigenvalue weighted by Gasteiger charge is -2.35. The van der Waals surface area contributed by atoms with Gasteiger partial charge >= 0.3 is 5.97 Å². The smallest absolute Gasteiger partial charge is 0.338 e. The number of nitrogens with zero attached hydrogens (tertiary/aromatic N) is 2. The number of para-hydroxylation sites is 1. The molecule has 1 fully saturated rings. The first-order valence-corrected chi connectivity index (χ1v) is 12.1. The lowest BCUT2D eigenvalue weighted by molar-refractivity contribution is 0.0472. The maximum Gasteiger partial charge on any atom is 0.338 e. The summed E-state index contributed by atoms with van der Waals surface area (Å²) in [5.41, 5.74) is 2.06. The first-order valence-electron chi connectivity index (χ1n) is 10.7. The van der Waals surface area contributed by atoms with Gasteiger partial charge in [0.15, 0.2) is 0 Å². The molecule has 0 aliphatic carbocycles. The second kappa shape index (κ2) is 10.1. The van der Waals surface area contributed by atoms with Crippen LogP contribution in [-0.2, 0) is 21.4 Å². The van der Waals surface area contributed by atoms with E-state index in [1.165, 1.54) is 16.4 Å². The number of sulfonamides is 1. The summed E-state index contributed by atoms with van der Waals surface area (Å²) in [6.07, 6.45) is 0. The highest BCUT2D eigenvalue weighted by molar-refractivity contribution is 7.89. The average Bonchev–Trinajstić information content (AvgIpc) is 2.88. The molecule has 0 aromatic heterocycles. The Morgan fingerprint density at radius 2 is 1.61 bits per heavy atom. The van der Waals surface area contributed by atoms with Crippen LogP contribution >= 0.6 is 0 Å². The normalized spacial score (nSPS) is 14.6.